The second-order valence-corrected chi connectivity index (χ2v) is 5.75. The number of alkyl halides is 3. The summed E-state index contributed by atoms with van der Waals surface area (Å²) in [6.07, 6.45) is 0.721. The van der Waals surface area contributed by atoms with E-state index in [0.29, 0.717) is 29.4 Å². The molecule has 1 saturated carbocycles. The molecule has 1 aromatic rings. The molecule has 1 aliphatic carbocycles. The lowest BCUT2D eigenvalue weighted by Crippen LogP contribution is -2.15. The lowest BCUT2D eigenvalue weighted by atomic mass is 10.2. The van der Waals surface area contributed by atoms with E-state index in [-0.39, 0.29) is 0 Å². The van der Waals surface area contributed by atoms with E-state index >= 15 is 0 Å². The van der Waals surface area contributed by atoms with Gasteiger partial charge in [-0.3, -0.25) is 0 Å². The number of rotatable bonds is 5. The van der Waals surface area contributed by atoms with E-state index in [4.69, 9.17) is 4.74 Å². The Morgan fingerprint density at radius 3 is 2.55 bits per heavy atom. The minimum atomic E-state index is -4.31. The molecule has 0 aliphatic heterocycles. The molecule has 6 heteroatoms. The van der Waals surface area contributed by atoms with Crippen LogP contribution >= 0.6 is 15.9 Å². The summed E-state index contributed by atoms with van der Waals surface area (Å²) in [6.45, 7) is 1.15. The number of hydrogen-bond donors (Lipinski definition) is 1. The molecule has 0 amide bonds. The largest absolute Gasteiger partial charge is 0.416 e. The van der Waals surface area contributed by atoms with Crippen LogP contribution in [0.5, 0.6) is 0 Å². The Morgan fingerprint density at radius 1 is 1.25 bits per heavy atom. The van der Waals surface area contributed by atoms with E-state index in [9.17, 15) is 13.2 Å². The molecule has 2 rings (SSSR count). The highest BCUT2D eigenvalue weighted by atomic mass is 79.9. The molecular formula is C14H17BrF3NO. The molecule has 0 unspecified atom stereocenters. The molecule has 0 spiro atoms. The Morgan fingerprint density at radius 2 is 1.95 bits per heavy atom. The van der Waals surface area contributed by atoms with Crippen molar-refractivity contribution in [2.24, 2.45) is 0 Å². The second kappa shape index (κ2) is 6.80. The molecule has 2 nitrogen and oxygen atoms in total. The molecule has 1 fully saturated rings. The van der Waals surface area contributed by atoms with E-state index in [1.807, 2.05) is 0 Å². The van der Waals surface area contributed by atoms with Gasteiger partial charge < -0.3 is 10.1 Å². The van der Waals surface area contributed by atoms with Crippen molar-refractivity contribution in [1.29, 1.82) is 0 Å². The molecule has 0 saturated heterocycles. The molecule has 0 bridgehead atoms. The van der Waals surface area contributed by atoms with Gasteiger partial charge in [0, 0.05) is 16.7 Å². The highest BCUT2D eigenvalue weighted by molar-refractivity contribution is 9.10. The molecule has 20 heavy (non-hydrogen) atoms. The van der Waals surface area contributed by atoms with E-state index in [1.165, 1.54) is 18.9 Å². The van der Waals surface area contributed by atoms with Gasteiger partial charge in [-0.25, -0.2) is 0 Å². The lowest BCUT2D eigenvalue weighted by molar-refractivity contribution is -0.137. The van der Waals surface area contributed by atoms with E-state index in [1.54, 1.807) is 0 Å². The van der Waals surface area contributed by atoms with Crippen molar-refractivity contribution in [2.75, 3.05) is 18.5 Å². The molecule has 1 N–H and O–H groups in total. The minimum Gasteiger partial charge on any atom is -0.382 e. The van der Waals surface area contributed by atoms with Crippen molar-refractivity contribution in [3.8, 4) is 0 Å². The fraction of sp³-hybridized carbons (Fsp3) is 0.571. The zero-order valence-corrected chi connectivity index (χ0v) is 12.6. The van der Waals surface area contributed by atoms with Gasteiger partial charge in [0.2, 0.25) is 0 Å². The van der Waals surface area contributed by atoms with Gasteiger partial charge in [0.25, 0.3) is 0 Å². The first-order chi connectivity index (χ1) is 9.47. The third kappa shape index (κ3) is 4.38. The van der Waals surface area contributed by atoms with Crippen LogP contribution < -0.4 is 5.32 Å². The zero-order valence-electron chi connectivity index (χ0n) is 11.0. The summed E-state index contributed by atoms with van der Waals surface area (Å²) in [6, 6.07) is 3.59. The molecule has 0 heterocycles. The van der Waals surface area contributed by atoms with Crippen LogP contribution in [0.2, 0.25) is 0 Å². The molecule has 1 aromatic carbocycles. The van der Waals surface area contributed by atoms with Gasteiger partial charge in [0.05, 0.1) is 18.3 Å². The van der Waals surface area contributed by atoms with Crippen LogP contribution in [-0.2, 0) is 10.9 Å². The number of nitrogens with one attached hydrogen (secondary N) is 1. The number of ether oxygens (including phenoxy) is 1. The fourth-order valence-corrected chi connectivity index (χ4v) is 2.82. The smallest absolute Gasteiger partial charge is 0.382 e. The third-order valence-corrected chi connectivity index (χ3v) is 4.03. The summed E-state index contributed by atoms with van der Waals surface area (Å²) >= 11 is 3.15. The molecule has 0 aromatic heterocycles. The van der Waals surface area contributed by atoms with Gasteiger partial charge in [-0.05, 0) is 47.0 Å². The van der Waals surface area contributed by atoms with Gasteiger partial charge in [0.1, 0.15) is 0 Å². The Kier molecular flexibility index (Phi) is 5.32. The normalized spacial score (nSPS) is 16.6. The van der Waals surface area contributed by atoms with Crippen LogP contribution in [0.15, 0.2) is 22.7 Å². The average molecular weight is 352 g/mol. The van der Waals surface area contributed by atoms with E-state index < -0.39 is 11.7 Å². The highest BCUT2D eigenvalue weighted by Crippen LogP contribution is 2.33. The van der Waals surface area contributed by atoms with Gasteiger partial charge >= 0.3 is 6.18 Å². The molecular weight excluding hydrogens is 335 g/mol. The predicted octanol–water partition coefficient (Wildman–Crippen LogP) is 4.84. The maximum Gasteiger partial charge on any atom is 0.416 e. The van der Waals surface area contributed by atoms with Crippen LogP contribution in [0.4, 0.5) is 18.9 Å². The number of halogens is 4. The number of anilines is 1. The summed E-state index contributed by atoms with van der Waals surface area (Å²) in [5.74, 6) is 0. The lowest BCUT2D eigenvalue weighted by Gasteiger charge is -2.14. The standard InChI is InChI=1S/C14H17BrF3NO/c15-12-9-10(14(16,17)18)5-6-13(12)19-7-8-20-11-3-1-2-4-11/h5-6,9,11,19H,1-4,7-8H2. The van der Waals surface area contributed by atoms with Crippen LogP contribution in [0.1, 0.15) is 31.2 Å². The van der Waals surface area contributed by atoms with E-state index in [2.05, 4.69) is 21.2 Å². The predicted molar refractivity (Wildman–Crippen MR) is 75.8 cm³/mol. The highest BCUT2D eigenvalue weighted by Gasteiger charge is 2.30. The van der Waals surface area contributed by atoms with Crippen LogP contribution in [-0.4, -0.2) is 19.3 Å². The second-order valence-electron chi connectivity index (χ2n) is 4.90. The SMILES string of the molecule is FC(F)(F)c1ccc(NCCOC2CCCC2)c(Br)c1. The molecule has 112 valence electrons. The third-order valence-electron chi connectivity index (χ3n) is 3.37. The quantitative estimate of drug-likeness (QED) is 0.766. The van der Waals surface area contributed by atoms with Crippen LogP contribution in [0, 0.1) is 0 Å². The van der Waals surface area contributed by atoms with E-state index in [0.717, 1.165) is 25.0 Å². The van der Waals surface area contributed by atoms with Crippen molar-refractivity contribution in [3.63, 3.8) is 0 Å². The van der Waals surface area contributed by atoms with Crippen molar-refractivity contribution in [2.45, 2.75) is 38.0 Å². The summed E-state index contributed by atoms with van der Waals surface area (Å²) < 4.78 is 43.6. The summed E-state index contributed by atoms with van der Waals surface area (Å²) in [7, 11) is 0. The van der Waals surface area contributed by atoms with Gasteiger partial charge in [0.15, 0.2) is 0 Å². The van der Waals surface area contributed by atoms with Crippen molar-refractivity contribution in [1.82, 2.24) is 0 Å². The van der Waals surface area contributed by atoms with Gasteiger partial charge in [-0.15, -0.1) is 0 Å². The van der Waals surface area contributed by atoms with Crippen molar-refractivity contribution < 1.29 is 17.9 Å². The Balaban J connectivity index is 1.80. The van der Waals surface area contributed by atoms with Gasteiger partial charge in [-0.2, -0.15) is 13.2 Å². The zero-order chi connectivity index (χ0) is 14.6. The van der Waals surface area contributed by atoms with Crippen molar-refractivity contribution in [3.05, 3.63) is 28.2 Å². The monoisotopic (exact) mass is 351 g/mol. The fourth-order valence-electron chi connectivity index (χ4n) is 2.30. The Hall–Kier alpha value is -0.750. The molecule has 0 atom stereocenters. The number of benzene rings is 1. The summed E-state index contributed by atoms with van der Waals surface area (Å²) in [4.78, 5) is 0. The Labute approximate surface area is 124 Å². The average Bonchev–Trinajstić information content (AvgIpc) is 2.88. The minimum absolute atomic E-state index is 0.354. The van der Waals surface area contributed by atoms with Crippen molar-refractivity contribution >= 4 is 21.6 Å². The Bertz CT molecular complexity index is 445. The van der Waals surface area contributed by atoms with Crippen LogP contribution in [0.25, 0.3) is 0 Å². The first-order valence-electron chi connectivity index (χ1n) is 6.69. The van der Waals surface area contributed by atoms with Gasteiger partial charge in [-0.1, -0.05) is 12.8 Å². The summed E-state index contributed by atoms with van der Waals surface area (Å²) in [5, 5.41) is 3.08. The maximum absolute atomic E-state index is 12.5. The van der Waals surface area contributed by atoms with Crippen LogP contribution in [0.3, 0.4) is 0 Å². The first kappa shape index (κ1) is 15.6. The molecule has 1 aliphatic rings. The molecule has 0 radical (unpaired) electrons. The summed E-state index contributed by atoms with van der Waals surface area (Å²) in [5.41, 5.74) is -0.00912. The first-order valence-corrected chi connectivity index (χ1v) is 7.48. The topological polar surface area (TPSA) is 21.3 Å². The maximum atomic E-state index is 12.5. The number of hydrogen-bond acceptors (Lipinski definition) is 2.